The molecule has 5 rings (SSSR count). The van der Waals surface area contributed by atoms with Gasteiger partial charge in [-0.15, -0.1) is 0 Å². The zero-order valence-corrected chi connectivity index (χ0v) is 19.2. The van der Waals surface area contributed by atoms with E-state index in [2.05, 4.69) is 4.90 Å². The van der Waals surface area contributed by atoms with Gasteiger partial charge in [0.2, 0.25) is 10.0 Å². The van der Waals surface area contributed by atoms with Crippen molar-refractivity contribution in [3.8, 4) is 11.5 Å². The lowest BCUT2D eigenvalue weighted by Crippen LogP contribution is -2.55. The summed E-state index contributed by atoms with van der Waals surface area (Å²) in [7, 11) is -3.81. The van der Waals surface area contributed by atoms with Crippen molar-refractivity contribution in [2.45, 2.75) is 24.8 Å². The molecule has 2 aliphatic rings. The Morgan fingerprint density at radius 2 is 1.82 bits per heavy atom. The third-order valence-electron chi connectivity index (χ3n) is 5.96. The molecule has 2 aliphatic heterocycles. The molecule has 0 aromatic heterocycles. The molecule has 0 saturated carbocycles. The van der Waals surface area contributed by atoms with Gasteiger partial charge in [-0.05, 0) is 61.9 Å². The quantitative estimate of drug-likeness (QED) is 0.550. The van der Waals surface area contributed by atoms with Gasteiger partial charge >= 0.3 is 0 Å². The van der Waals surface area contributed by atoms with Crippen molar-refractivity contribution in [1.82, 2.24) is 9.21 Å². The number of para-hydroxylation sites is 1. The normalized spacial score (nSPS) is 18.6. The molecule has 0 radical (unpaired) electrons. The van der Waals surface area contributed by atoms with Crippen LogP contribution in [0.25, 0.3) is 0 Å². The summed E-state index contributed by atoms with van der Waals surface area (Å²) in [4.78, 5) is 7.00. The van der Waals surface area contributed by atoms with Gasteiger partial charge in [0.05, 0.1) is 10.5 Å². The van der Waals surface area contributed by atoms with Crippen LogP contribution in [0.2, 0.25) is 0 Å². The van der Waals surface area contributed by atoms with E-state index in [-0.39, 0.29) is 17.5 Å². The molecular weight excluding hydrogens is 441 g/mol. The van der Waals surface area contributed by atoms with Crippen LogP contribution in [0.4, 0.5) is 10.1 Å². The molecule has 0 N–H and O–H groups in total. The number of hydrogen-bond acceptors (Lipinski definition) is 5. The molecule has 170 valence electrons. The summed E-state index contributed by atoms with van der Waals surface area (Å²) in [6.45, 7) is 5.03. The Bertz CT molecular complexity index is 1360. The summed E-state index contributed by atoms with van der Waals surface area (Å²) in [5.41, 5.74) is 2.67. The number of fused-ring (bicyclic) bond motifs is 2. The van der Waals surface area contributed by atoms with Crippen molar-refractivity contribution in [2.75, 3.05) is 19.6 Å². The molecule has 0 unspecified atom stereocenters. The average Bonchev–Trinajstić information content (AvgIpc) is 2.95. The number of aryl methyl sites for hydroxylation is 1. The smallest absolute Gasteiger partial charge is 0.243 e. The fraction of sp³-hybridized carbons (Fsp3) is 0.240. The van der Waals surface area contributed by atoms with E-state index >= 15 is 0 Å². The third-order valence-corrected chi connectivity index (χ3v) is 7.97. The lowest BCUT2D eigenvalue weighted by atomic mass is 10.1. The summed E-state index contributed by atoms with van der Waals surface area (Å²) in [5, 5.41) is 0. The number of halogens is 1. The largest absolute Gasteiger partial charge is 0.454 e. The number of rotatable bonds is 2. The van der Waals surface area contributed by atoms with Gasteiger partial charge in [0, 0.05) is 25.7 Å². The van der Waals surface area contributed by atoms with Gasteiger partial charge < -0.3 is 9.64 Å². The fourth-order valence-electron chi connectivity index (χ4n) is 4.32. The zero-order valence-electron chi connectivity index (χ0n) is 18.4. The number of piperazine rings is 1. The molecule has 0 spiro atoms. The number of nitrogens with zero attached hydrogens (tertiary/aromatic N) is 3. The van der Waals surface area contributed by atoms with Crippen LogP contribution in [-0.4, -0.2) is 49.1 Å². The maximum atomic E-state index is 13.7. The molecule has 8 heteroatoms. The molecule has 3 aromatic carbocycles. The standard InChI is InChI=1S/C25H24FN3O3S/c1-17-10-11-22-24(14-17)32-23-9-4-3-8-21(23)25(27-22)28-12-13-29(18(2)16-28)33(30,31)20-7-5-6-19(26)15-20/h3-11,14-15,18H,12-13,16H2,1-2H3/t18-/m1/s1. The van der Waals surface area contributed by atoms with Gasteiger partial charge in [0.25, 0.3) is 0 Å². The van der Waals surface area contributed by atoms with Crippen molar-refractivity contribution in [1.29, 1.82) is 0 Å². The highest BCUT2D eigenvalue weighted by atomic mass is 32.2. The van der Waals surface area contributed by atoms with Gasteiger partial charge in [-0.1, -0.05) is 24.3 Å². The van der Waals surface area contributed by atoms with E-state index in [1.807, 2.05) is 56.3 Å². The van der Waals surface area contributed by atoms with E-state index in [0.717, 1.165) is 28.7 Å². The molecule has 3 aromatic rings. The highest BCUT2D eigenvalue weighted by Crippen LogP contribution is 2.39. The van der Waals surface area contributed by atoms with Crippen molar-refractivity contribution < 1.29 is 17.5 Å². The van der Waals surface area contributed by atoms with Crippen LogP contribution in [0.15, 0.2) is 76.6 Å². The highest BCUT2D eigenvalue weighted by molar-refractivity contribution is 7.89. The van der Waals surface area contributed by atoms with Crippen LogP contribution < -0.4 is 4.74 Å². The minimum atomic E-state index is -3.81. The molecule has 1 atom stereocenters. The summed E-state index contributed by atoms with van der Waals surface area (Å²) in [6, 6.07) is 18.4. The van der Waals surface area contributed by atoms with E-state index in [9.17, 15) is 12.8 Å². The minimum Gasteiger partial charge on any atom is -0.454 e. The second kappa shape index (κ2) is 8.28. The van der Waals surface area contributed by atoms with E-state index in [1.54, 1.807) is 0 Å². The minimum absolute atomic E-state index is 0.0300. The second-order valence-corrected chi connectivity index (χ2v) is 10.3. The number of benzene rings is 3. The van der Waals surface area contributed by atoms with Crippen LogP contribution >= 0.6 is 0 Å². The summed E-state index contributed by atoms with van der Waals surface area (Å²) in [5.74, 6) is 1.59. The van der Waals surface area contributed by atoms with Crippen molar-refractivity contribution >= 4 is 21.5 Å². The number of sulfonamides is 1. The van der Waals surface area contributed by atoms with Crippen LogP contribution in [-0.2, 0) is 10.0 Å². The lowest BCUT2D eigenvalue weighted by Gasteiger charge is -2.40. The van der Waals surface area contributed by atoms with Gasteiger partial charge in [0.1, 0.15) is 23.1 Å². The maximum absolute atomic E-state index is 13.7. The van der Waals surface area contributed by atoms with Gasteiger partial charge in [-0.3, -0.25) is 0 Å². The first-order valence-electron chi connectivity index (χ1n) is 10.8. The average molecular weight is 466 g/mol. The van der Waals surface area contributed by atoms with Crippen LogP contribution in [0.5, 0.6) is 11.5 Å². The second-order valence-electron chi connectivity index (χ2n) is 8.37. The van der Waals surface area contributed by atoms with Gasteiger partial charge in [-0.25, -0.2) is 17.8 Å². The van der Waals surface area contributed by atoms with Crippen molar-refractivity contribution in [2.24, 2.45) is 4.99 Å². The van der Waals surface area contributed by atoms with Crippen molar-refractivity contribution in [3.63, 3.8) is 0 Å². The molecule has 0 amide bonds. The first-order valence-corrected chi connectivity index (χ1v) is 12.3. The van der Waals surface area contributed by atoms with E-state index in [0.29, 0.717) is 24.6 Å². The molecule has 1 fully saturated rings. The molecule has 2 heterocycles. The molecule has 33 heavy (non-hydrogen) atoms. The van der Waals surface area contributed by atoms with E-state index < -0.39 is 15.8 Å². The summed E-state index contributed by atoms with van der Waals surface area (Å²) >= 11 is 0. The van der Waals surface area contributed by atoms with E-state index in [1.165, 1.54) is 22.5 Å². The highest BCUT2D eigenvalue weighted by Gasteiger charge is 2.36. The molecule has 0 aliphatic carbocycles. The number of hydrogen-bond donors (Lipinski definition) is 0. The third kappa shape index (κ3) is 4.00. The molecule has 0 bridgehead atoms. The van der Waals surface area contributed by atoms with Crippen LogP contribution in [0.1, 0.15) is 18.1 Å². The monoisotopic (exact) mass is 465 g/mol. The fourth-order valence-corrected chi connectivity index (χ4v) is 5.97. The molecule has 6 nitrogen and oxygen atoms in total. The number of aliphatic imine (C=N–C) groups is 1. The number of amidine groups is 1. The maximum Gasteiger partial charge on any atom is 0.243 e. The Kier molecular flexibility index (Phi) is 5.42. The molecular formula is C25H24FN3O3S. The number of ether oxygens (including phenoxy) is 1. The van der Waals surface area contributed by atoms with Gasteiger partial charge in [0.15, 0.2) is 5.75 Å². The van der Waals surface area contributed by atoms with Gasteiger partial charge in [-0.2, -0.15) is 4.31 Å². The Morgan fingerprint density at radius 1 is 1.00 bits per heavy atom. The lowest BCUT2D eigenvalue weighted by molar-refractivity contribution is 0.205. The predicted molar refractivity (Wildman–Crippen MR) is 125 cm³/mol. The predicted octanol–water partition coefficient (Wildman–Crippen LogP) is 4.71. The van der Waals surface area contributed by atoms with Crippen molar-refractivity contribution in [3.05, 3.63) is 83.7 Å². The summed E-state index contributed by atoms with van der Waals surface area (Å²) in [6.07, 6.45) is 0. The Labute approximate surface area is 193 Å². The Morgan fingerprint density at radius 3 is 2.61 bits per heavy atom. The first kappa shape index (κ1) is 21.6. The first-order chi connectivity index (χ1) is 15.8. The zero-order chi connectivity index (χ0) is 23.2. The SMILES string of the molecule is Cc1ccc2c(c1)Oc1ccccc1C(N1CCN(S(=O)(=O)c3cccc(F)c3)[C@H](C)C1)=N2. The summed E-state index contributed by atoms with van der Waals surface area (Å²) < 4.78 is 47.7. The van der Waals surface area contributed by atoms with Crippen LogP contribution in [0.3, 0.4) is 0 Å². The topological polar surface area (TPSA) is 62.2 Å². The Balaban J connectivity index is 1.48. The van der Waals surface area contributed by atoms with E-state index in [4.69, 9.17) is 9.73 Å². The molecule has 1 saturated heterocycles. The Hall–Kier alpha value is -3.23. The van der Waals surface area contributed by atoms with Crippen LogP contribution in [0, 0.1) is 12.7 Å².